The van der Waals surface area contributed by atoms with Gasteiger partial charge in [-0.25, -0.2) is 0 Å². The molecule has 0 aromatic carbocycles. The van der Waals surface area contributed by atoms with Gasteiger partial charge in [-0.15, -0.1) is 12.3 Å². The lowest BCUT2D eigenvalue weighted by molar-refractivity contribution is -0.121. The number of rotatable bonds is 4. The SMILES string of the molecule is C#CCCC(=O)NCc1ccn[nH]1. The summed E-state index contributed by atoms with van der Waals surface area (Å²) in [6.07, 6.45) is 7.52. The summed E-state index contributed by atoms with van der Waals surface area (Å²) in [6.45, 7) is 0.476. The van der Waals surface area contributed by atoms with Gasteiger partial charge in [-0.2, -0.15) is 5.10 Å². The van der Waals surface area contributed by atoms with Crippen LogP contribution in [-0.4, -0.2) is 16.1 Å². The van der Waals surface area contributed by atoms with Crippen LogP contribution in [0.4, 0.5) is 0 Å². The Morgan fingerprint density at radius 1 is 1.77 bits per heavy atom. The molecule has 0 aliphatic carbocycles. The molecule has 1 rings (SSSR count). The Morgan fingerprint density at radius 2 is 2.62 bits per heavy atom. The largest absolute Gasteiger partial charge is 0.350 e. The number of amides is 1. The van der Waals surface area contributed by atoms with Crippen molar-refractivity contribution in [3.05, 3.63) is 18.0 Å². The van der Waals surface area contributed by atoms with E-state index in [0.717, 1.165) is 5.69 Å². The third-order valence-electron chi connectivity index (χ3n) is 1.53. The molecule has 1 amide bonds. The third kappa shape index (κ3) is 3.43. The number of H-pyrrole nitrogens is 1. The van der Waals surface area contributed by atoms with Crippen molar-refractivity contribution in [2.45, 2.75) is 19.4 Å². The number of carbonyl (C=O) groups is 1. The van der Waals surface area contributed by atoms with Crippen molar-refractivity contribution in [1.29, 1.82) is 0 Å². The average Bonchev–Trinajstić information content (AvgIpc) is 2.64. The van der Waals surface area contributed by atoms with Crippen molar-refractivity contribution in [3.63, 3.8) is 0 Å². The van der Waals surface area contributed by atoms with Gasteiger partial charge in [0.2, 0.25) is 5.91 Å². The highest BCUT2D eigenvalue weighted by Gasteiger charge is 1.99. The first-order valence-corrected chi connectivity index (χ1v) is 4.01. The van der Waals surface area contributed by atoms with E-state index in [-0.39, 0.29) is 5.91 Å². The minimum absolute atomic E-state index is 0.0347. The Morgan fingerprint density at radius 3 is 3.23 bits per heavy atom. The van der Waals surface area contributed by atoms with Gasteiger partial charge in [0.1, 0.15) is 0 Å². The molecule has 0 atom stereocenters. The molecule has 2 N–H and O–H groups in total. The van der Waals surface area contributed by atoms with E-state index in [4.69, 9.17) is 6.42 Å². The van der Waals surface area contributed by atoms with Crippen LogP contribution in [0.3, 0.4) is 0 Å². The van der Waals surface area contributed by atoms with Gasteiger partial charge >= 0.3 is 0 Å². The van der Waals surface area contributed by atoms with Gasteiger partial charge < -0.3 is 5.32 Å². The van der Waals surface area contributed by atoms with E-state index < -0.39 is 0 Å². The molecule has 0 saturated carbocycles. The number of aromatic nitrogens is 2. The van der Waals surface area contributed by atoms with Crippen molar-refractivity contribution >= 4 is 5.91 Å². The highest BCUT2D eigenvalue weighted by Crippen LogP contribution is 1.91. The van der Waals surface area contributed by atoms with Gasteiger partial charge in [0.25, 0.3) is 0 Å². The van der Waals surface area contributed by atoms with Crippen molar-refractivity contribution in [1.82, 2.24) is 15.5 Å². The summed E-state index contributed by atoms with van der Waals surface area (Å²) >= 11 is 0. The molecule has 1 aromatic heterocycles. The van der Waals surface area contributed by atoms with Crippen LogP contribution >= 0.6 is 0 Å². The van der Waals surface area contributed by atoms with Gasteiger partial charge in [-0.05, 0) is 6.07 Å². The van der Waals surface area contributed by atoms with Crippen LogP contribution in [0.15, 0.2) is 12.3 Å². The zero-order valence-electron chi connectivity index (χ0n) is 7.21. The molecule has 4 heteroatoms. The highest BCUT2D eigenvalue weighted by molar-refractivity contribution is 5.76. The molecule has 0 unspecified atom stereocenters. The fourth-order valence-corrected chi connectivity index (χ4v) is 0.851. The maximum Gasteiger partial charge on any atom is 0.221 e. The first kappa shape index (κ1) is 9.33. The highest BCUT2D eigenvalue weighted by atomic mass is 16.1. The molecular weight excluding hydrogens is 166 g/mol. The van der Waals surface area contributed by atoms with E-state index in [1.165, 1.54) is 0 Å². The third-order valence-corrected chi connectivity index (χ3v) is 1.53. The fraction of sp³-hybridized carbons (Fsp3) is 0.333. The Hall–Kier alpha value is -1.76. The molecule has 68 valence electrons. The monoisotopic (exact) mass is 177 g/mol. The second kappa shape index (κ2) is 4.99. The number of aromatic amines is 1. The minimum Gasteiger partial charge on any atom is -0.350 e. The van der Waals surface area contributed by atoms with E-state index >= 15 is 0 Å². The summed E-state index contributed by atoms with van der Waals surface area (Å²) < 4.78 is 0. The van der Waals surface area contributed by atoms with Crippen molar-refractivity contribution < 1.29 is 4.79 Å². The molecule has 4 nitrogen and oxygen atoms in total. The van der Waals surface area contributed by atoms with Gasteiger partial charge in [-0.3, -0.25) is 9.89 Å². The number of hydrogen-bond donors (Lipinski definition) is 2. The normalized spacial score (nSPS) is 9.15. The zero-order valence-corrected chi connectivity index (χ0v) is 7.21. The average molecular weight is 177 g/mol. The molecule has 0 radical (unpaired) electrons. The second-order valence-electron chi connectivity index (χ2n) is 2.56. The smallest absolute Gasteiger partial charge is 0.221 e. The quantitative estimate of drug-likeness (QED) is 0.655. The topological polar surface area (TPSA) is 57.8 Å². The van der Waals surface area contributed by atoms with Crippen molar-refractivity contribution in [3.8, 4) is 12.3 Å². The number of nitrogens with zero attached hydrogens (tertiary/aromatic N) is 1. The van der Waals surface area contributed by atoms with Gasteiger partial charge in [-0.1, -0.05) is 0 Å². The Labute approximate surface area is 76.7 Å². The standard InChI is InChI=1S/C9H11N3O/c1-2-3-4-9(13)10-7-8-5-6-11-12-8/h1,5-6H,3-4,7H2,(H,10,13)(H,11,12). The fourth-order valence-electron chi connectivity index (χ4n) is 0.851. The number of carbonyl (C=O) groups excluding carboxylic acids is 1. The summed E-state index contributed by atoms with van der Waals surface area (Å²) in [6, 6.07) is 1.81. The summed E-state index contributed by atoms with van der Waals surface area (Å²) in [5.41, 5.74) is 0.883. The van der Waals surface area contributed by atoms with Crippen molar-refractivity contribution in [2.24, 2.45) is 0 Å². The maximum atomic E-state index is 11.1. The molecule has 1 aromatic rings. The Balaban J connectivity index is 2.20. The van der Waals surface area contributed by atoms with Gasteiger partial charge in [0, 0.05) is 19.0 Å². The maximum absolute atomic E-state index is 11.1. The lowest BCUT2D eigenvalue weighted by Crippen LogP contribution is -2.22. The van der Waals surface area contributed by atoms with Crippen LogP contribution in [0, 0.1) is 12.3 Å². The number of nitrogens with one attached hydrogen (secondary N) is 2. The van der Waals surface area contributed by atoms with E-state index in [9.17, 15) is 4.79 Å². The molecular formula is C9H11N3O. The first-order valence-electron chi connectivity index (χ1n) is 4.01. The summed E-state index contributed by atoms with van der Waals surface area (Å²) in [7, 11) is 0. The number of terminal acetylenes is 1. The predicted molar refractivity (Wildman–Crippen MR) is 48.5 cm³/mol. The minimum atomic E-state index is -0.0347. The molecule has 13 heavy (non-hydrogen) atoms. The summed E-state index contributed by atoms with van der Waals surface area (Å²) in [5, 5.41) is 9.21. The second-order valence-corrected chi connectivity index (χ2v) is 2.56. The van der Waals surface area contributed by atoms with Crippen LogP contribution in [0.25, 0.3) is 0 Å². The van der Waals surface area contributed by atoms with E-state index in [2.05, 4.69) is 21.4 Å². The zero-order chi connectivity index (χ0) is 9.52. The molecule has 0 fully saturated rings. The van der Waals surface area contributed by atoms with Crippen LogP contribution in [-0.2, 0) is 11.3 Å². The molecule has 0 spiro atoms. The van der Waals surface area contributed by atoms with Crippen molar-refractivity contribution in [2.75, 3.05) is 0 Å². The molecule has 0 bridgehead atoms. The van der Waals surface area contributed by atoms with E-state index in [1.54, 1.807) is 6.20 Å². The number of hydrogen-bond acceptors (Lipinski definition) is 2. The predicted octanol–water partition coefficient (Wildman–Crippen LogP) is 0.439. The van der Waals surface area contributed by atoms with Gasteiger partial charge in [0.15, 0.2) is 0 Å². The van der Waals surface area contributed by atoms with Crippen LogP contribution in [0.2, 0.25) is 0 Å². The van der Waals surface area contributed by atoms with Gasteiger partial charge in [0.05, 0.1) is 12.2 Å². The molecule has 0 aliphatic heterocycles. The summed E-state index contributed by atoms with van der Waals surface area (Å²) in [5.74, 6) is 2.38. The lowest BCUT2D eigenvalue weighted by atomic mass is 10.3. The first-order chi connectivity index (χ1) is 6.33. The van der Waals surface area contributed by atoms with E-state index in [1.807, 2.05) is 6.07 Å². The summed E-state index contributed by atoms with van der Waals surface area (Å²) in [4.78, 5) is 11.1. The molecule has 0 saturated heterocycles. The Kier molecular flexibility index (Phi) is 3.58. The molecule has 1 heterocycles. The van der Waals surface area contributed by atoms with Crippen LogP contribution in [0.5, 0.6) is 0 Å². The molecule has 0 aliphatic rings. The van der Waals surface area contributed by atoms with Crippen LogP contribution in [0.1, 0.15) is 18.5 Å². The lowest BCUT2D eigenvalue weighted by Gasteiger charge is -2.00. The van der Waals surface area contributed by atoms with E-state index in [0.29, 0.717) is 19.4 Å². The Bertz CT molecular complexity index is 297. The van der Waals surface area contributed by atoms with Crippen LogP contribution < -0.4 is 5.32 Å².